The average Bonchev–Trinajstić information content (AvgIpc) is 2.90. The molecule has 1 aromatic heterocycles. The fourth-order valence-corrected chi connectivity index (χ4v) is 8.41. The number of benzene rings is 5. The van der Waals surface area contributed by atoms with Crippen LogP contribution in [0.25, 0.3) is 54.3 Å². The maximum absolute atomic E-state index is 2.51. The van der Waals surface area contributed by atoms with Gasteiger partial charge in [0.05, 0.1) is 10.9 Å². The van der Waals surface area contributed by atoms with Gasteiger partial charge in [0.2, 0.25) is 5.69 Å². The monoisotopic (exact) mass is 554 g/mol. The highest BCUT2D eigenvalue weighted by Gasteiger charge is 2.33. The van der Waals surface area contributed by atoms with E-state index in [1.165, 1.54) is 80.8 Å². The van der Waals surface area contributed by atoms with E-state index in [2.05, 4.69) is 133 Å². The molecule has 0 bridgehead atoms. The maximum atomic E-state index is 2.51. The quantitative estimate of drug-likeness (QED) is 0.117. The number of hydrogen-bond acceptors (Lipinski definition) is 1. The Hall–Kier alpha value is -3.36. The van der Waals surface area contributed by atoms with Crippen molar-refractivity contribution in [1.29, 1.82) is 0 Å². The van der Waals surface area contributed by atoms with Crippen LogP contribution in [0.3, 0.4) is 0 Å². The van der Waals surface area contributed by atoms with Gasteiger partial charge in [-0.1, -0.05) is 95.8 Å². The minimum atomic E-state index is 0.167. The van der Waals surface area contributed by atoms with E-state index in [0.717, 1.165) is 12.8 Å². The molecule has 1 aliphatic heterocycles. The third-order valence-electron chi connectivity index (χ3n) is 8.70. The summed E-state index contributed by atoms with van der Waals surface area (Å²) in [6, 6.07) is 25.5. The zero-order chi connectivity index (χ0) is 28.8. The molecule has 206 valence electrons. The zero-order valence-corrected chi connectivity index (χ0v) is 26.5. The fourth-order valence-electron chi connectivity index (χ4n) is 7.04. The van der Waals surface area contributed by atoms with Crippen molar-refractivity contribution in [1.82, 2.24) is 0 Å². The first kappa shape index (κ1) is 26.5. The van der Waals surface area contributed by atoms with Gasteiger partial charge in [0.15, 0.2) is 6.20 Å². The molecular weight excluding hydrogens is 515 g/mol. The molecule has 7 rings (SSSR count). The molecule has 0 N–H and O–H groups in total. The Morgan fingerprint density at radius 3 is 2.05 bits per heavy atom. The number of aryl methyl sites for hydroxylation is 2. The number of fused-ring (bicyclic) bond motifs is 6. The smallest absolute Gasteiger partial charge is 0.200 e. The molecule has 0 aliphatic carbocycles. The van der Waals surface area contributed by atoms with Crippen molar-refractivity contribution in [3.63, 3.8) is 0 Å². The Kier molecular flexibility index (Phi) is 5.87. The lowest BCUT2D eigenvalue weighted by atomic mass is 9.82. The van der Waals surface area contributed by atoms with Gasteiger partial charge in [-0.2, -0.15) is 0 Å². The Morgan fingerprint density at radius 1 is 0.683 bits per heavy atom. The lowest BCUT2D eigenvalue weighted by Crippen LogP contribution is -2.32. The third kappa shape index (κ3) is 4.34. The maximum Gasteiger partial charge on any atom is 0.222 e. The minimum absolute atomic E-state index is 0.167. The van der Waals surface area contributed by atoms with Crippen LogP contribution in [-0.2, 0) is 19.9 Å². The summed E-state index contributed by atoms with van der Waals surface area (Å²) in [5.41, 5.74) is 7.51. The topological polar surface area (TPSA) is 3.88 Å². The van der Waals surface area contributed by atoms with Crippen molar-refractivity contribution in [3.05, 3.63) is 89.6 Å². The van der Waals surface area contributed by atoms with Gasteiger partial charge in [-0.25, -0.2) is 4.57 Å². The second-order valence-electron chi connectivity index (χ2n) is 14.6. The number of hydrogen-bond donors (Lipinski definition) is 0. The third-order valence-corrected chi connectivity index (χ3v) is 9.90. The molecule has 0 fully saturated rings. The van der Waals surface area contributed by atoms with Gasteiger partial charge in [0.1, 0.15) is 7.05 Å². The number of nitrogens with zero attached hydrogens (tertiary/aromatic N) is 1. The molecule has 6 aromatic rings. The summed E-state index contributed by atoms with van der Waals surface area (Å²) in [6.45, 7) is 16.5. The van der Waals surface area contributed by atoms with Gasteiger partial charge in [0.25, 0.3) is 0 Å². The summed E-state index contributed by atoms with van der Waals surface area (Å²) in [4.78, 5) is 2.84. The summed E-state index contributed by atoms with van der Waals surface area (Å²) in [5.74, 6) is 0. The molecule has 5 aromatic carbocycles. The minimum Gasteiger partial charge on any atom is -0.200 e. The van der Waals surface area contributed by atoms with E-state index < -0.39 is 0 Å². The zero-order valence-electron chi connectivity index (χ0n) is 25.7. The summed E-state index contributed by atoms with van der Waals surface area (Å²) in [6.07, 6.45) is 4.38. The second kappa shape index (κ2) is 9.07. The Labute approximate surface area is 248 Å². The lowest BCUT2D eigenvalue weighted by Gasteiger charge is -2.28. The van der Waals surface area contributed by atoms with Gasteiger partial charge in [-0.15, -0.1) is 0 Å². The van der Waals surface area contributed by atoms with Gasteiger partial charge in [-0.3, -0.25) is 0 Å². The van der Waals surface area contributed by atoms with Gasteiger partial charge >= 0.3 is 0 Å². The number of pyridine rings is 1. The molecule has 0 unspecified atom stereocenters. The Bertz CT molecular complexity index is 2050. The summed E-state index contributed by atoms with van der Waals surface area (Å²) < 4.78 is 2.37. The molecule has 1 aliphatic rings. The summed E-state index contributed by atoms with van der Waals surface area (Å²) in [5, 5.41) is 11.0. The van der Waals surface area contributed by atoms with Crippen LogP contribution < -0.4 is 4.57 Å². The van der Waals surface area contributed by atoms with E-state index in [1.54, 1.807) is 0 Å². The Balaban J connectivity index is 1.63. The van der Waals surface area contributed by atoms with Gasteiger partial charge in [0, 0.05) is 21.2 Å². The molecule has 0 saturated carbocycles. The second-order valence-corrected chi connectivity index (χ2v) is 15.6. The average molecular weight is 555 g/mol. The summed E-state index contributed by atoms with van der Waals surface area (Å²) in [7, 11) is 2.23. The molecule has 1 nitrogen and oxygen atoms in total. The largest absolute Gasteiger partial charge is 0.222 e. The van der Waals surface area contributed by atoms with Crippen LogP contribution in [0.5, 0.6) is 0 Å². The van der Waals surface area contributed by atoms with E-state index in [0.29, 0.717) is 0 Å². The van der Waals surface area contributed by atoms with Crippen LogP contribution in [0.2, 0.25) is 0 Å². The molecule has 0 spiro atoms. The first-order chi connectivity index (χ1) is 19.4. The van der Waals surface area contributed by atoms with Crippen LogP contribution >= 0.6 is 11.8 Å². The van der Waals surface area contributed by atoms with Crippen molar-refractivity contribution in [2.45, 2.75) is 71.1 Å². The molecule has 0 radical (unpaired) electrons. The molecule has 2 heterocycles. The SMILES string of the molecule is Cc1c2c(c(CC(C)(C)C)c3cc4ccccc4cc13)Sc1cc3c(CC(C)(C)C)cccc3c3cc[n+](C)c-2c13. The molecule has 0 saturated heterocycles. The van der Waals surface area contributed by atoms with Crippen molar-refractivity contribution >= 4 is 54.9 Å². The highest BCUT2D eigenvalue weighted by Crippen LogP contribution is 2.54. The van der Waals surface area contributed by atoms with Crippen LogP contribution in [0.15, 0.2) is 82.7 Å². The molecule has 41 heavy (non-hydrogen) atoms. The predicted molar refractivity (Wildman–Crippen MR) is 178 cm³/mol. The van der Waals surface area contributed by atoms with Gasteiger partial charge < -0.3 is 0 Å². The lowest BCUT2D eigenvalue weighted by molar-refractivity contribution is -0.659. The highest BCUT2D eigenvalue weighted by molar-refractivity contribution is 8.00. The van der Waals surface area contributed by atoms with Crippen molar-refractivity contribution in [2.24, 2.45) is 17.9 Å². The number of rotatable bonds is 2. The molecule has 2 heteroatoms. The van der Waals surface area contributed by atoms with E-state index in [-0.39, 0.29) is 10.8 Å². The fraction of sp³-hybridized carbons (Fsp3) is 0.308. The predicted octanol–water partition coefficient (Wildman–Crippen LogP) is 10.7. The molecule has 0 atom stereocenters. The van der Waals surface area contributed by atoms with Crippen LogP contribution in [0.1, 0.15) is 58.2 Å². The van der Waals surface area contributed by atoms with E-state index >= 15 is 0 Å². The first-order valence-electron chi connectivity index (χ1n) is 14.9. The Morgan fingerprint density at radius 2 is 1.37 bits per heavy atom. The van der Waals surface area contributed by atoms with Crippen molar-refractivity contribution in [2.75, 3.05) is 0 Å². The molecular formula is C39H40NS+. The van der Waals surface area contributed by atoms with E-state index in [1.807, 2.05) is 11.8 Å². The summed E-state index contributed by atoms with van der Waals surface area (Å²) >= 11 is 2.01. The van der Waals surface area contributed by atoms with Crippen molar-refractivity contribution < 1.29 is 4.57 Å². The van der Waals surface area contributed by atoms with Crippen LogP contribution in [0.4, 0.5) is 0 Å². The van der Waals surface area contributed by atoms with Gasteiger partial charge in [-0.05, 0) is 97.8 Å². The molecule has 0 amide bonds. The van der Waals surface area contributed by atoms with E-state index in [9.17, 15) is 0 Å². The van der Waals surface area contributed by atoms with Crippen LogP contribution in [-0.4, -0.2) is 0 Å². The van der Waals surface area contributed by atoms with Crippen LogP contribution in [0, 0.1) is 17.8 Å². The first-order valence-corrected chi connectivity index (χ1v) is 15.7. The normalized spacial score (nSPS) is 13.5. The number of aromatic nitrogens is 1. The standard InChI is InChI=1S/C39H40NS/c1-23-29-18-24-12-9-10-13-25(24)19-31(29)32(22-39(5,6)7)37-34(23)36-35-28(16-17-40(36)8)27-15-11-14-26(21-38(2,3)4)30(27)20-33(35)41-37/h9-20H,21-22H2,1-8H3/q+1. The highest BCUT2D eigenvalue weighted by atomic mass is 32.2. The van der Waals surface area contributed by atoms with E-state index in [4.69, 9.17) is 0 Å². The van der Waals surface area contributed by atoms with Crippen molar-refractivity contribution in [3.8, 4) is 11.3 Å².